The van der Waals surface area contributed by atoms with Gasteiger partial charge in [-0.05, 0) is 31.4 Å². The Labute approximate surface area is 160 Å². The van der Waals surface area contributed by atoms with E-state index in [-0.39, 0.29) is 12.0 Å². The van der Waals surface area contributed by atoms with Crippen molar-refractivity contribution < 1.29 is 33.6 Å². The van der Waals surface area contributed by atoms with Gasteiger partial charge in [0, 0.05) is 36.4 Å². The highest BCUT2D eigenvalue weighted by Crippen LogP contribution is 2.38. The van der Waals surface area contributed by atoms with Gasteiger partial charge in [0.05, 0.1) is 18.3 Å². The monoisotopic (exact) mass is 396 g/mol. The van der Waals surface area contributed by atoms with Gasteiger partial charge in [-0.15, -0.1) is 0 Å². The van der Waals surface area contributed by atoms with Gasteiger partial charge in [0.25, 0.3) is 6.47 Å². The molecule has 1 aromatic carbocycles. The van der Waals surface area contributed by atoms with Crippen molar-refractivity contribution in [1.29, 1.82) is 0 Å². The fourth-order valence-corrected chi connectivity index (χ4v) is 3.98. The molecule has 2 aromatic rings. The zero-order valence-corrected chi connectivity index (χ0v) is 15.1. The Morgan fingerprint density at radius 2 is 1.93 bits per heavy atom. The van der Waals surface area contributed by atoms with Gasteiger partial charge in [-0.3, -0.25) is 9.78 Å². The van der Waals surface area contributed by atoms with E-state index < -0.39 is 29.4 Å². The average molecular weight is 396 g/mol. The van der Waals surface area contributed by atoms with E-state index in [2.05, 4.69) is 4.98 Å². The number of fused-ring (bicyclic) bond motifs is 1. The molecule has 2 atom stereocenters. The Morgan fingerprint density at radius 1 is 1.25 bits per heavy atom. The first-order valence-electron chi connectivity index (χ1n) is 8.98. The number of hydrogen-bond donors (Lipinski definition) is 3. The van der Waals surface area contributed by atoms with E-state index in [1.165, 1.54) is 12.3 Å². The Balaban J connectivity index is 0.000000706. The first kappa shape index (κ1) is 20.4. The van der Waals surface area contributed by atoms with Crippen LogP contribution in [0.1, 0.15) is 19.3 Å². The molecule has 1 aromatic heterocycles. The summed E-state index contributed by atoms with van der Waals surface area (Å²) in [4.78, 5) is 14.4. The summed E-state index contributed by atoms with van der Waals surface area (Å²) in [5.41, 5.74) is 0.112. The number of carboxylic acid groups (broad SMARTS) is 1. The second kappa shape index (κ2) is 8.34. The van der Waals surface area contributed by atoms with Crippen LogP contribution in [0.3, 0.4) is 0 Å². The van der Waals surface area contributed by atoms with Gasteiger partial charge in [0.15, 0.2) is 5.82 Å². The second-order valence-corrected chi connectivity index (χ2v) is 6.92. The van der Waals surface area contributed by atoms with E-state index in [9.17, 15) is 19.0 Å². The van der Waals surface area contributed by atoms with Gasteiger partial charge in [-0.2, -0.15) is 0 Å². The molecular formula is C19H22F2N2O5. The normalized spacial score (nSPS) is 23.9. The molecule has 0 unspecified atom stereocenters. The number of pyridine rings is 1. The largest absolute Gasteiger partial charge is 0.483 e. The molecular weight excluding hydrogens is 374 g/mol. The molecule has 2 fully saturated rings. The smallest absolute Gasteiger partial charge is 0.290 e. The minimum Gasteiger partial charge on any atom is -0.483 e. The van der Waals surface area contributed by atoms with E-state index in [1.807, 2.05) is 4.90 Å². The average Bonchev–Trinajstić information content (AvgIpc) is 2.67. The number of aromatic nitrogens is 1. The predicted octanol–water partition coefficient (Wildman–Crippen LogP) is 1.69. The summed E-state index contributed by atoms with van der Waals surface area (Å²) in [6.07, 6.45) is 1.33. The van der Waals surface area contributed by atoms with Crippen LogP contribution in [-0.2, 0) is 9.53 Å². The van der Waals surface area contributed by atoms with Crippen molar-refractivity contribution in [1.82, 2.24) is 4.98 Å². The molecule has 3 heterocycles. The number of ether oxygens (including phenoxy) is 1. The fraction of sp³-hybridized carbons (Fsp3) is 0.474. The Kier molecular flexibility index (Phi) is 6.07. The van der Waals surface area contributed by atoms with Crippen LogP contribution >= 0.6 is 0 Å². The Bertz CT molecular complexity index is 842. The zero-order valence-electron chi connectivity index (χ0n) is 15.1. The number of piperidine rings is 1. The highest BCUT2D eigenvalue weighted by atomic mass is 19.1. The molecule has 0 aliphatic carbocycles. The maximum Gasteiger partial charge on any atom is 0.290 e. The number of aliphatic hydroxyl groups is 2. The van der Waals surface area contributed by atoms with Gasteiger partial charge in [0.1, 0.15) is 17.4 Å². The molecule has 4 rings (SSSR count). The van der Waals surface area contributed by atoms with Gasteiger partial charge in [-0.25, -0.2) is 8.78 Å². The molecule has 3 N–H and O–H groups in total. The van der Waals surface area contributed by atoms with Crippen molar-refractivity contribution in [2.45, 2.75) is 37.1 Å². The number of nitrogens with zero attached hydrogens (tertiary/aromatic N) is 2. The summed E-state index contributed by atoms with van der Waals surface area (Å²) in [7, 11) is 0. The van der Waals surface area contributed by atoms with Crippen molar-refractivity contribution in [3.05, 3.63) is 36.0 Å². The minimum absolute atomic E-state index is 0.142. The van der Waals surface area contributed by atoms with E-state index in [0.29, 0.717) is 50.0 Å². The van der Waals surface area contributed by atoms with Crippen molar-refractivity contribution in [3.63, 3.8) is 0 Å². The summed E-state index contributed by atoms with van der Waals surface area (Å²) in [5, 5.41) is 27.6. The highest BCUT2D eigenvalue weighted by molar-refractivity contribution is 5.92. The standard InChI is InChI=1S/C18H20F2N2O3.CH2O2/c19-11-9-12-14(1-5-21-16(12)13(20)10-11)22-6-3-18(4-7-22)17(24)15(23)2-8-25-18;2-1-3/h1,5,9-10,15,17,23-24H,2-4,6-8H2;1H,(H,2,3)/t15-,17-;/m0./s1. The number of anilines is 1. The summed E-state index contributed by atoms with van der Waals surface area (Å²) < 4.78 is 33.5. The number of hydrogen-bond acceptors (Lipinski definition) is 6. The van der Waals surface area contributed by atoms with Crippen molar-refractivity contribution in [3.8, 4) is 0 Å². The quantitative estimate of drug-likeness (QED) is 0.631. The van der Waals surface area contributed by atoms with Crippen LogP contribution in [0.25, 0.3) is 10.9 Å². The first-order valence-corrected chi connectivity index (χ1v) is 8.98. The van der Waals surface area contributed by atoms with Crippen molar-refractivity contribution in [2.75, 3.05) is 24.6 Å². The molecule has 0 saturated carbocycles. The summed E-state index contributed by atoms with van der Waals surface area (Å²) in [6.45, 7) is 1.29. The predicted molar refractivity (Wildman–Crippen MR) is 97.1 cm³/mol. The number of benzene rings is 1. The van der Waals surface area contributed by atoms with E-state index in [0.717, 1.165) is 6.07 Å². The van der Waals surface area contributed by atoms with Crippen LogP contribution in [0.5, 0.6) is 0 Å². The van der Waals surface area contributed by atoms with E-state index in [1.54, 1.807) is 6.07 Å². The number of halogens is 2. The van der Waals surface area contributed by atoms with Crippen LogP contribution in [0.2, 0.25) is 0 Å². The third-order valence-electron chi connectivity index (χ3n) is 5.40. The van der Waals surface area contributed by atoms with Crippen LogP contribution in [0.15, 0.2) is 24.4 Å². The van der Waals surface area contributed by atoms with Crippen LogP contribution < -0.4 is 4.90 Å². The lowest BCUT2D eigenvalue weighted by Crippen LogP contribution is -2.60. The summed E-state index contributed by atoms with van der Waals surface area (Å²) in [5.74, 6) is -1.32. The highest BCUT2D eigenvalue weighted by Gasteiger charge is 2.47. The molecule has 28 heavy (non-hydrogen) atoms. The van der Waals surface area contributed by atoms with Crippen molar-refractivity contribution in [2.24, 2.45) is 0 Å². The molecule has 0 bridgehead atoms. The zero-order chi connectivity index (χ0) is 20.3. The van der Waals surface area contributed by atoms with Gasteiger partial charge in [-0.1, -0.05) is 0 Å². The molecule has 0 amide bonds. The lowest BCUT2D eigenvalue weighted by atomic mass is 9.80. The molecule has 1 spiro atoms. The lowest BCUT2D eigenvalue weighted by molar-refractivity contribution is -0.205. The topological polar surface area (TPSA) is 103 Å². The second-order valence-electron chi connectivity index (χ2n) is 6.92. The fourth-order valence-electron chi connectivity index (χ4n) is 3.98. The SMILES string of the molecule is O=CO.O[C@H]1CCOC2(CCN(c3ccnc4c(F)cc(F)cc34)CC2)[C@H]1O. The third-order valence-corrected chi connectivity index (χ3v) is 5.40. The van der Waals surface area contributed by atoms with Crippen LogP contribution in [-0.4, -0.2) is 64.3 Å². The van der Waals surface area contributed by atoms with Crippen LogP contribution in [0.4, 0.5) is 14.5 Å². The van der Waals surface area contributed by atoms with Crippen molar-refractivity contribution >= 4 is 23.1 Å². The molecule has 7 nitrogen and oxygen atoms in total. The Hall–Kier alpha value is -2.36. The maximum atomic E-state index is 14.0. The molecule has 2 aliphatic heterocycles. The number of carbonyl (C=O) groups is 1. The van der Waals surface area contributed by atoms with Gasteiger partial charge >= 0.3 is 0 Å². The Morgan fingerprint density at radius 3 is 2.61 bits per heavy atom. The minimum atomic E-state index is -0.910. The van der Waals surface area contributed by atoms with E-state index in [4.69, 9.17) is 14.6 Å². The molecule has 2 aliphatic rings. The van der Waals surface area contributed by atoms with Gasteiger partial charge in [0.2, 0.25) is 0 Å². The third kappa shape index (κ3) is 3.78. The number of aliphatic hydroxyl groups excluding tert-OH is 2. The van der Waals surface area contributed by atoms with Crippen LogP contribution in [0, 0.1) is 11.6 Å². The maximum absolute atomic E-state index is 14.0. The molecule has 9 heteroatoms. The summed E-state index contributed by atoms with van der Waals surface area (Å²) in [6, 6.07) is 3.87. The molecule has 2 saturated heterocycles. The van der Waals surface area contributed by atoms with E-state index >= 15 is 0 Å². The molecule has 152 valence electrons. The number of rotatable bonds is 1. The summed E-state index contributed by atoms with van der Waals surface area (Å²) >= 11 is 0. The lowest BCUT2D eigenvalue weighted by Gasteiger charge is -2.48. The van der Waals surface area contributed by atoms with Gasteiger partial charge < -0.3 is 25.0 Å². The molecule has 0 radical (unpaired) electrons. The first-order chi connectivity index (χ1) is 13.4.